The molecule has 0 spiro atoms. The van der Waals surface area contributed by atoms with Gasteiger partial charge in [0.1, 0.15) is 0 Å². The van der Waals surface area contributed by atoms with E-state index < -0.39 is 0 Å². The lowest BCUT2D eigenvalue weighted by molar-refractivity contribution is -0.147. The molecule has 0 unspecified atom stereocenters. The van der Waals surface area contributed by atoms with Crippen LogP contribution >= 0.6 is 27.0 Å². The third-order valence-electron chi connectivity index (χ3n) is 5.40. The highest BCUT2D eigenvalue weighted by Crippen LogP contribution is 2.39. The number of carbonyl (C=O) groups excluding carboxylic acids is 2. The number of rotatable bonds is 5. The van der Waals surface area contributed by atoms with Crippen molar-refractivity contribution in [2.45, 2.75) is 97.7 Å². The van der Waals surface area contributed by atoms with Crippen molar-refractivity contribution in [3.05, 3.63) is 0 Å². The summed E-state index contributed by atoms with van der Waals surface area (Å²) in [5, 5.41) is 0. The number of ether oxygens (including phenoxy) is 1. The monoisotopic (exact) mass is 422 g/mol. The van der Waals surface area contributed by atoms with Gasteiger partial charge in [-0.05, 0) is 52.4 Å². The molecule has 162 valence electrons. The zero-order chi connectivity index (χ0) is 19.0. The predicted octanol–water partition coefficient (Wildman–Crippen LogP) is 3.72. The molecule has 0 radical (unpaired) electrons. The fraction of sp³-hybridized carbons (Fsp3) is 0.900. The topological polar surface area (TPSA) is 72.6 Å². The van der Waals surface area contributed by atoms with Gasteiger partial charge in [-0.3, -0.25) is 9.59 Å². The third kappa shape index (κ3) is 8.65. The number of nitrogens with two attached hydrogens (primary N) is 1. The first-order chi connectivity index (χ1) is 11.8. The standard InChI is InChI=1S/C12H22N2O.C8H16O2.2H2S/c1-8-7-10-5-3-4-6-11(10)14(8)12(15)9(2)13;1-4-6-7(3)8(9)10-5-2;;/h8-11H,3-7,13H2,1-2H3;7H,4-6H2,1-3H3;2*1H2/t8-,9+,10+,11+;7-;;/m11../s1. The van der Waals surface area contributed by atoms with E-state index in [2.05, 4.69) is 18.7 Å². The molecule has 1 aliphatic heterocycles. The lowest BCUT2D eigenvalue weighted by Crippen LogP contribution is -2.48. The molecule has 0 aromatic heterocycles. The molecular formula is C20H42N2O3S2. The number of hydrogen-bond acceptors (Lipinski definition) is 4. The van der Waals surface area contributed by atoms with Crippen LogP contribution in [0.4, 0.5) is 0 Å². The van der Waals surface area contributed by atoms with Crippen molar-refractivity contribution in [1.82, 2.24) is 4.90 Å². The number of fused-ring (bicyclic) bond motifs is 1. The first kappa shape index (κ1) is 28.8. The Hall–Kier alpha value is -0.400. The third-order valence-corrected chi connectivity index (χ3v) is 5.40. The van der Waals surface area contributed by atoms with Crippen LogP contribution in [0.15, 0.2) is 0 Å². The van der Waals surface area contributed by atoms with Crippen LogP contribution in [0.3, 0.4) is 0 Å². The van der Waals surface area contributed by atoms with E-state index >= 15 is 0 Å². The van der Waals surface area contributed by atoms with Gasteiger partial charge in [-0.2, -0.15) is 27.0 Å². The maximum Gasteiger partial charge on any atom is 0.308 e. The van der Waals surface area contributed by atoms with Crippen LogP contribution in [0.2, 0.25) is 0 Å². The van der Waals surface area contributed by atoms with Gasteiger partial charge in [0.05, 0.1) is 18.6 Å². The van der Waals surface area contributed by atoms with E-state index in [-0.39, 0.29) is 50.8 Å². The summed E-state index contributed by atoms with van der Waals surface area (Å²) in [6.45, 7) is 10.3. The maximum absolute atomic E-state index is 12.0. The Morgan fingerprint density at radius 3 is 2.26 bits per heavy atom. The Morgan fingerprint density at radius 1 is 1.15 bits per heavy atom. The SMILES string of the molecule is CCC[C@@H](C)C(=O)OCC.C[C@H](N)C(=O)N1[C@H](C)C[C@@H]2CCCC[C@@H]21.S.S. The molecule has 27 heavy (non-hydrogen) atoms. The van der Waals surface area contributed by atoms with E-state index in [1.807, 2.05) is 13.8 Å². The summed E-state index contributed by atoms with van der Waals surface area (Å²) in [4.78, 5) is 25.0. The number of likely N-dealkylation sites (tertiary alicyclic amines) is 1. The molecule has 2 fully saturated rings. The van der Waals surface area contributed by atoms with Crippen molar-refractivity contribution in [1.29, 1.82) is 0 Å². The van der Waals surface area contributed by atoms with Crippen LogP contribution in [-0.4, -0.2) is 41.5 Å². The van der Waals surface area contributed by atoms with Gasteiger partial charge < -0.3 is 15.4 Å². The molecule has 2 rings (SSSR count). The van der Waals surface area contributed by atoms with Crippen LogP contribution in [0.25, 0.3) is 0 Å². The highest BCUT2D eigenvalue weighted by atomic mass is 32.1. The number of nitrogens with zero attached hydrogens (tertiary/aromatic N) is 1. The Bertz CT molecular complexity index is 435. The van der Waals surface area contributed by atoms with Crippen molar-refractivity contribution in [3.63, 3.8) is 0 Å². The van der Waals surface area contributed by atoms with Crippen molar-refractivity contribution in [2.75, 3.05) is 6.61 Å². The molecular weight excluding hydrogens is 380 g/mol. The lowest BCUT2D eigenvalue weighted by Gasteiger charge is -2.34. The van der Waals surface area contributed by atoms with Gasteiger partial charge in [-0.25, -0.2) is 0 Å². The van der Waals surface area contributed by atoms with Gasteiger partial charge in [0, 0.05) is 12.1 Å². The normalized spacial score (nSPS) is 25.6. The van der Waals surface area contributed by atoms with Gasteiger partial charge in [-0.15, -0.1) is 0 Å². The minimum atomic E-state index is -0.340. The van der Waals surface area contributed by atoms with Gasteiger partial charge >= 0.3 is 5.97 Å². The van der Waals surface area contributed by atoms with E-state index in [1.165, 1.54) is 32.1 Å². The molecule has 5 nitrogen and oxygen atoms in total. The second-order valence-electron chi connectivity index (χ2n) is 7.67. The molecule has 0 aromatic carbocycles. The van der Waals surface area contributed by atoms with Crippen LogP contribution < -0.4 is 5.73 Å². The lowest BCUT2D eigenvalue weighted by atomic mass is 9.85. The van der Waals surface area contributed by atoms with E-state index in [1.54, 1.807) is 6.92 Å². The van der Waals surface area contributed by atoms with Crippen LogP contribution in [0, 0.1) is 11.8 Å². The Labute approximate surface area is 180 Å². The quantitative estimate of drug-likeness (QED) is 0.685. The molecule has 1 heterocycles. The largest absolute Gasteiger partial charge is 0.466 e. The number of hydrogen-bond donors (Lipinski definition) is 1. The van der Waals surface area contributed by atoms with Crippen LogP contribution in [0.1, 0.15) is 79.6 Å². The van der Waals surface area contributed by atoms with Gasteiger partial charge in [0.25, 0.3) is 0 Å². The summed E-state index contributed by atoms with van der Waals surface area (Å²) in [5.74, 6) is 0.905. The van der Waals surface area contributed by atoms with Crippen molar-refractivity contribution < 1.29 is 14.3 Å². The summed E-state index contributed by atoms with van der Waals surface area (Å²) in [5.41, 5.74) is 5.71. The molecule has 0 aromatic rings. The van der Waals surface area contributed by atoms with Gasteiger partial charge in [0.2, 0.25) is 5.91 Å². The number of esters is 1. The number of carbonyl (C=O) groups is 2. The van der Waals surface area contributed by atoms with E-state index in [9.17, 15) is 9.59 Å². The van der Waals surface area contributed by atoms with E-state index in [0.29, 0.717) is 18.7 Å². The summed E-state index contributed by atoms with van der Waals surface area (Å²) in [6, 6.07) is 0.553. The van der Waals surface area contributed by atoms with E-state index in [4.69, 9.17) is 10.5 Å². The molecule has 5 atom stereocenters. The summed E-state index contributed by atoms with van der Waals surface area (Å²) < 4.78 is 4.82. The molecule has 1 amide bonds. The van der Waals surface area contributed by atoms with Crippen molar-refractivity contribution in [3.8, 4) is 0 Å². The molecule has 7 heteroatoms. The summed E-state index contributed by atoms with van der Waals surface area (Å²) in [6.07, 6.45) is 8.26. The molecule has 2 N–H and O–H groups in total. The summed E-state index contributed by atoms with van der Waals surface area (Å²) >= 11 is 0. The highest BCUT2D eigenvalue weighted by Gasteiger charge is 2.42. The number of amides is 1. The second-order valence-corrected chi connectivity index (χ2v) is 7.67. The van der Waals surface area contributed by atoms with E-state index in [0.717, 1.165) is 18.8 Å². The van der Waals surface area contributed by atoms with Gasteiger partial charge in [-0.1, -0.05) is 33.1 Å². The predicted molar refractivity (Wildman–Crippen MR) is 122 cm³/mol. The second kappa shape index (κ2) is 14.6. The molecule has 0 bridgehead atoms. The van der Waals surface area contributed by atoms with Crippen molar-refractivity contribution >= 4 is 38.9 Å². The molecule has 1 saturated carbocycles. The minimum Gasteiger partial charge on any atom is -0.466 e. The average molecular weight is 423 g/mol. The summed E-state index contributed by atoms with van der Waals surface area (Å²) in [7, 11) is 0. The molecule has 1 saturated heterocycles. The Balaban J connectivity index is 0. The zero-order valence-electron chi connectivity index (χ0n) is 17.8. The fourth-order valence-corrected chi connectivity index (χ4v) is 4.16. The minimum absolute atomic E-state index is 0. The molecule has 2 aliphatic rings. The van der Waals surface area contributed by atoms with Gasteiger partial charge in [0.15, 0.2) is 0 Å². The van der Waals surface area contributed by atoms with Crippen LogP contribution in [-0.2, 0) is 14.3 Å². The Kier molecular flexibility index (Phi) is 15.6. The van der Waals surface area contributed by atoms with Crippen molar-refractivity contribution in [2.24, 2.45) is 17.6 Å². The smallest absolute Gasteiger partial charge is 0.308 e. The first-order valence-electron chi connectivity index (χ1n) is 10.1. The maximum atomic E-state index is 12.0. The molecule has 1 aliphatic carbocycles. The Morgan fingerprint density at radius 2 is 1.74 bits per heavy atom. The highest BCUT2D eigenvalue weighted by molar-refractivity contribution is 7.59. The van der Waals surface area contributed by atoms with Crippen LogP contribution in [0.5, 0.6) is 0 Å². The fourth-order valence-electron chi connectivity index (χ4n) is 4.16. The first-order valence-corrected chi connectivity index (χ1v) is 10.1. The average Bonchev–Trinajstić information content (AvgIpc) is 2.90. The zero-order valence-corrected chi connectivity index (χ0v) is 19.8.